The molecule has 7 nitrogen and oxygen atoms in total. The molecule has 0 fully saturated rings. The zero-order valence-electron chi connectivity index (χ0n) is 15.9. The summed E-state index contributed by atoms with van der Waals surface area (Å²) in [6, 6.07) is 11.4. The molecule has 0 heterocycles. The molecule has 0 spiro atoms. The Labute approximate surface area is 160 Å². The van der Waals surface area contributed by atoms with Crippen LogP contribution in [0.3, 0.4) is 0 Å². The maximum atomic E-state index is 12.3. The van der Waals surface area contributed by atoms with Crippen LogP contribution in [0.5, 0.6) is 23.0 Å². The number of ether oxygens (including phenoxy) is 4. The molecule has 0 bridgehead atoms. The zero-order chi connectivity index (χ0) is 19.9. The first-order chi connectivity index (χ1) is 12.8. The molecule has 2 rings (SSSR count). The lowest BCUT2D eigenvalue weighted by molar-refractivity contribution is 0.242. The first-order valence-electron chi connectivity index (χ1n) is 8.46. The Hall–Kier alpha value is -2.45. The van der Waals surface area contributed by atoms with Gasteiger partial charge in [-0.3, -0.25) is 0 Å². The molecule has 8 heteroatoms. The molecular formula is C19H25NO6S. The number of hydrogen-bond donors (Lipinski definition) is 1. The molecule has 2 aromatic carbocycles. The van der Waals surface area contributed by atoms with Crippen molar-refractivity contribution < 1.29 is 27.4 Å². The molecule has 0 aromatic heterocycles. The van der Waals surface area contributed by atoms with E-state index in [9.17, 15) is 8.42 Å². The Morgan fingerprint density at radius 1 is 0.889 bits per heavy atom. The van der Waals surface area contributed by atoms with Gasteiger partial charge in [0.15, 0.2) is 0 Å². The second-order valence-corrected chi connectivity index (χ2v) is 7.70. The fourth-order valence-electron chi connectivity index (χ4n) is 2.26. The molecule has 0 aliphatic rings. The van der Waals surface area contributed by atoms with Gasteiger partial charge >= 0.3 is 0 Å². The zero-order valence-corrected chi connectivity index (χ0v) is 16.7. The lowest BCUT2D eigenvalue weighted by atomic mass is 10.3. The van der Waals surface area contributed by atoms with Gasteiger partial charge < -0.3 is 18.9 Å². The van der Waals surface area contributed by atoms with Crippen molar-refractivity contribution in [1.82, 2.24) is 4.72 Å². The molecular weight excluding hydrogens is 370 g/mol. The van der Waals surface area contributed by atoms with Crippen LogP contribution < -0.4 is 23.7 Å². The molecule has 0 radical (unpaired) electrons. The molecule has 0 unspecified atom stereocenters. The van der Waals surface area contributed by atoms with E-state index in [1.807, 2.05) is 13.8 Å². The molecule has 27 heavy (non-hydrogen) atoms. The van der Waals surface area contributed by atoms with E-state index >= 15 is 0 Å². The normalized spacial score (nSPS) is 11.3. The Morgan fingerprint density at radius 3 is 1.96 bits per heavy atom. The van der Waals surface area contributed by atoms with Crippen molar-refractivity contribution in [2.75, 3.05) is 27.4 Å². The second kappa shape index (κ2) is 9.48. The van der Waals surface area contributed by atoms with Gasteiger partial charge in [-0.2, -0.15) is 0 Å². The summed E-state index contributed by atoms with van der Waals surface area (Å²) in [4.78, 5) is 0.168. The van der Waals surface area contributed by atoms with Crippen molar-refractivity contribution in [3.63, 3.8) is 0 Å². The maximum Gasteiger partial charge on any atom is 0.240 e. The summed E-state index contributed by atoms with van der Waals surface area (Å²) in [5, 5.41) is 0. The van der Waals surface area contributed by atoms with Crippen molar-refractivity contribution in [3.8, 4) is 23.0 Å². The summed E-state index contributed by atoms with van der Waals surface area (Å²) in [5.74, 6) is 2.34. The second-order valence-electron chi connectivity index (χ2n) is 5.93. The Kier molecular flexibility index (Phi) is 7.32. The van der Waals surface area contributed by atoms with Crippen LogP contribution in [0.1, 0.15) is 13.8 Å². The van der Waals surface area contributed by atoms with Gasteiger partial charge in [0.05, 0.1) is 25.2 Å². The van der Waals surface area contributed by atoms with Crippen molar-refractivity contribution >= 4 is 10.0 Å². The van der Waals surface area contributed by atoms with Gasteiger partial charge in [-0.25, -0.2) is 13.1 Å². The number of methoxy groups -OCH3 is 2. The number of benzene rings is 2. The number of nitrogens with one attached hydrogen (secondary N) is 1. The van der Waals surface area contributed by atoms with Gasteiger partial charge in [-0.05, 0) is 38.1 Å². The van der Waals surface area contributed by atoms with Crippen LogP contribution in [-0.4, -0.2) is 41.9 Å². The van der Waals surface area contributed by atoms with Crippen molar-refractivity contribution in [3.05, 3.63) is 42.5 Å². The van der Waals surface area contributed by atoms with Crippen LogP contribution in [-0.2, 0) is 10.0 Å². The van der Waals surface area contributed by atoms with E-state index in [1.165, 1.54) is 12.1 Å². The molecule has 148 valence electrons. The third kappa shape index (κ3) is 6.33. The number of rotatable bonds is 10. The van der Waals surface area contributed by atoms with E-state index in [0.29, 0.717) is 23.0 Å². The first-order valence-corrected chi connectivity index (χ1v) is 9.94. The average Bonchev–Trinajstić information content (AvgIpc) is 2.65. The van der Waals surface area contributed by atoms with Crippen molar-refractivity contribution in [1.29, 1.82) is 0 Å². The van der Waals surface area contributed by atoms with E-state index < -0.39 is 10.0 Å². The summed E-state index contributed by atoms with van der Waals surface area (Å²) >= 11 is 0. The summed E-state index contributed by atoms with van der Waals surface area (Å²) in [6.07, 6.45) is 0.0259. The van der Waals surface area contributed by atoms with Crippen LogP contribution in [0.2, 0.25) is 0 Å². The highest BCUT2D eigenvalue weighted by Gasteiger charge is 2.14. The lowest BCUT2D eigenvalue weighted by Crippen LogP contribution is -2.28. The minimum Gasteiger partial charge on any atom is -0.496 e. The van der Waals surface area contributed by atoms with Gasteiger partial charge in [-0.15, -0.1) is 0 Å². The highest BCUT2D eigenvalue weighted by molar-refractivity contribution is 7.89. The minimum atomic E-state index is -3.62. The molecule has 2 aromatic rings. The van der Waals surface area contributed by atoms with Crippen LogP contribution >= 0.6 is 0 Å². The molecule has 0 saturated carbocycles. The Bertz CT molecular complexity index is 812. The van der Waals surface area contributed by atoms with E-state index in [1.54, 1.807) is 44.6 Å². The first kappa shape index (κ1) is 20.9. The van der Waals surface area contributed by atoms with Gasteiger partial charge in [0, 0.05) is 24.7 Å². The van der Waals surface area contributed by atoms with E-state index in [4.69, 9.17) is 18.9 Å². The number of hydrogen-bond acceptors (Lipinski definition) is 6. The van der Waals surface area contributed by atoms with Crippen LogP contribution in [0.15, 0.2) is 47.4 Å². The molecule has 0 saturated heterocycles. The topological polar surface area (TPSA) is 83.1 Å². The maximum absolute atomic E-state index is 12.3. The molecule has 0 aliphatic carbocycles. The summed E-state index contributed by atoms with van der Waals surface area (Å²) < 4.78 is 48.6. The molecule has 0 amide bonds. The summed E-state index contributed by atoms with van der Waals surface area (Å²) in [5.41, 5.74) is 0. The quantitative estimate of drug-likeness (QED) is 0.623. The molecule has 0 atom stereocenters. The van der Waals surface area contributed by atoms with Crippen LogP contribution in [0, 0.1) is 0 Å². The lowest BCUT2D eigenvalue weighted by Gasteiger charge is -2.12. The van der Waals surface area contributed by atoms with Gasteiger partial charge in [0.2, 0.25) is 10.0 Å². The largest absolute Gasteiger partial charge is 0.496 e. The van der Waals surface area contributed by atoms with Crippen molar-refractivity contribution in [2.45, 2.75) is 24.8 Å². The third-order valence-corrected chi connectivity index (χ3v) is 4.97. The smallest absolute Gasteiger partial charge is 0.240 e. The Balaban J connectivity index is 1.90. The van der Waals surface area contributed by atoms with E-state index in [-0.39, 0.29) is 24.2 Å². The predicted molar refractivity (Wildman–Crippen MR) is 102 cm³/mol. The van der Waals surface area contributed by atoms with E-state index in [0.717, 1.165) is 0 Å². The third-order valence-electron chi connectivity index (χ3n) is 3.49. The Morgan fingerprint density at radius 2 is 1.44 bits per heavy atom. The number of sulfonamides is 1. The fourth-order valence-corrected chi connectivity index (χ4v) is 3.28. The standard InChI is InChI=1S/C19H25NO6S/c1-14(2)26-15-5-7-19(8-6-15)27(21,22)20-9-10-25-18-12-16(23-3)11-17(13-18)24-4/h5-8,11-14,20H,9-10H2,1-4H3. The molecule has 0 aliphatic heterocycles. The van der Waals surface area contributed by atoms with Crippen LogP contribution in [0.4, 0.5) is 0 Å². The van der Waals surface area contributed by atoms with Gasteiger partial charge in [0.25, 0.3) is 0 Å². The van der Waals surface area contributed by atoms with Crippen molar-refractivity contribution in [2.24, 2.45) is 0 Å². The van der Waals surface area contributed by atoms with Gasteiger partial charge in [-0.1, -0.05) is 0 Å². The van der Waals surface area contributed by atoms with E-state index in [2.05, 4.69) is 4.72 Å². The highest BCUT2D eigenvalue weighted by Crippen LogP contribution is 2.27. The minimum absolute atomic E-state index is 0.0259. The predicted octanol–water partition coefficient (Wildman–Crippen LogP) is 2.85. The monoisotopic (exact) mass is 395 g/mol. The summed E-state index contributed by atoms with van der Waals surface area (Å²) in [6.45, 7) is 4.09. The van der Waals surface area contributed by atoms with Crippen LogP contribution in [0.25, 0.3) is 0 Å². The van der Waals surface area contributed by atoms with Gasteiger partial charge in [0.1, 0.15) is 29.6 Å². The fraction of sp³-hybridized carbons (Fsp3) is 0.368. The summed E-state index contributed by atoms with van der Waals surface area (Å²) in [7, 11) is -0.529. The highest BCUT2D eigenvalue weighted by atomic mass is 32.2. The molecule has 1 N–H and O–H groups in total. The SMILES string of the molecule is COc1cc(OC)cc(OCCNS(=O)(=O)c2ccc(OC(C)C)cc2)c1. The average molecular weight is 395 g/mol.